The maximum atomic E-state index is 13.5. The second kappa shape index (κ2) is 6.99. The molecule has 1 aliphatic heterocycles. The number of hydrogen-bond acceptors (Lipinski definition) is 6. The zero-order valence-corrected chi connectivity index (χ0v) is 17.4. The van der Waals surface area contributed by atoms with Gasteiger partial charge in [0.25, 0.3) is 5.91 Å². The van der Waals surface area contributed by atoms with Crippen LogP contribution in [-0.4, -0.2) is 44.4 Å². The Kier molecular flexibility index (Phi) is 4.30. The number of rotatable bonds is 4. The van der Waals surface area contributed by atoms with Crippen LogP contribution >= 0.6 is 11.3 Å². The number of nitrogens with zero attached hydrogens (tertiary/aromatic N) is 4. The molecule has 3 aromatic heterocycles. The Labute approximate surface area is 185 Å². The topological polar surface area (TPSA) is 68.2 Å². The van der Waals surface area contributed by atoms with Gasteiger partial charge < -0.3 is 9.64 Å². The smallest absolute Gasteiger partial charge is 0.417 e. The lowest BCUT2D eigenvalue weighted by atomic mass is 10.1. The van der Waals surface area contributed by atoms with Crippen molar-refractivity contribution in [1.82, 2.24) is 19.9 Å². The molecule has 0 spiro atoms. The summed E-state index contributed by atoms with van der Waals surface area (Å²) in [6, 6.07) is 5.70. The van der Waals surface area contributed by atoms with Crippen LogP contribution in [-0.2, 0) is 6.18 Å². The van der Waals surface area contributed by atoms with Gasteiger partial charge in [-0.25, -0.2) is 9.97 Å². The second-order valence-electron chi connectivity index (χ2n) is 8.36. The van der Waals surface area contributed by atoms with Crippen LogP contribution in [0.25, 0.3) is 10.6 Å². The Morgan fingerprint density at radius 1 is 1.12 bits per heavy atom. The largest absolute Gasteiger partial charge is 0.472 e. The van der Waals surface area contributed by atoms with Gasteiger partial charge in [-0.15, -0.1) is 11.3 Å². The Hall–Kier alpha value is -3.01. The number of alkyl halides is 3. The van der Waals surface area contributed by atoms with Gasteiger partial charge in [-0.1, -0.05) is 0 Å². The molecular formula is C22H17F3N4O2S. The number of carbonyl (C=O) groups excluding carboxylic acids is 1. The summed E-state index contributed by atoms with van der Waals surface area (Å²) in [4.78, 5) is 27.9. The van der Waals surface area contributed by atoms with Crippen molar-refractivity contribution in [2.24, 2.45) is 17.8 Å². The lowest BCUT2D eigenvalue weighted by molar-refractivity contribution is -0.137. The zero-order chi connectivity index (χ0) is 22.0. The average molecular weight is 458 g/mol. The molecule has 32 heavy (non-hydrogen) atoms. The molecule has 3 aromatic rings. The van der Waals surface area contributed by atoms with E-state index in [2.05, 4.69) is 15.0 Å². The van der Waals surface area contributed by atoms with Gasteiger partial charge in [0.1, 0.15) is 16.8 Å². The van der Waals surface area contributed by atoms with E-state index < -0.39 is 11.7 Å². The number of thiazole rings is 1. The first-order chi connectivity index (χ1) is 15.4. The molecule has 0 radical (unpaired) electrons. The molecule has 0 N–H and O–H groups in total. The molecule has 6 nitrogen and oxygen atoms in total. The normalized spacial score (nSPS) is 28.0. The van der Waals surface area contributed by atoms with Crippen LogP contribution in [0, 0.1) is 17.8 Å². The van der Waals surface area contributed by atoms with E-state index in [4.69, 9.17) is 4.74 Å². The minimum absolute atomic E-state index is 0.132. The van der Waals surface area contributed by atoms with E-state index in [1.165, 1.54) is 17.4 Å². The van der Waals surface area contributed by atoms with Crippen LogP contribution in [0.2, 0.25) is 0 Å². The predicted molar refractivity (Wildman–Crippen MR) is 109 cm³/mol. The van der Waals surface area contributed by atoms with Crippen molar-refractivity contribution >= 4 is 17.2 Å². The van der Waals surface area contributed by atoms with Crippen molar-refractivity contribution in [3.05, 3.63) is 59.5 Å². The summed E-state index contributed by atoms with van der Waals surface area (Å²) in [5, 5.41) is 2.58. The van der Waals surface area contributed by atoms with Gasteiger partial charge in [-0.05, 0) is 42.4 Å². The average Bonchev–Trinajstić information content (AvgIpc) is 3.19. The zero-order valence-electron chi connectivity index (χ0n) is 16.6. The Morgan fingerprint density at radius 2 is 2.00 bits per heavy atom. The SMILES string of the molecule is O=C(c1ncccc1-c1nccs1)N1CC2C3CC(Oc4ccc(C(F)(F)F)cn4)C1C32. The van der Waals surface area contributed by atoms with Crippen molar-refractivity contribution in [1.29, 1.82) is 0 Å². The lowest BCUT2D eigenvalue weighted by Gasteiger charge is -2.29. The summed E-state index contributed by atoms with van der Waals surface area (Å²) >= 11 is 1.44. The quantitative estimate of drug-likeness (QED) is 0.588. The predicted octanol–water partition coefficient (Wildman–Crippen LogP) is 4.16. The van der Waals surface area contributed by atoms with Gasteiger partial charge in [0.05, 0.1) is 11.6 Å². The van der Waals surface area contributed by atoms with Crippen LogP contribution in [0.1, 0.15) is 22.5 Å². The fourth-order valence-electron chi connectivity index (χ4n) is 5.33. The van der Waals surface area contributed by atoms with E-state index in [9.17, 15) is 18.0 Å². The highest BCUT2D eigenvalue weighted by Crippen LogP contribution is 2.64. The van der Waals surface area contributed by atoms with Gasteiger partial charge in [0.15, 0.2) is 0 Å². The van der Waals surface area contributed by atoms with Crippen molar-refractivity contribution in [2.75, 3.05) is 6.54 Å². The molecule has 5 unspecified atom stereocenters. The van der Waals surface area contributed by atoms with Crippen molar-refractivity contribution in [3.63, 3.8) is 0 Å². The summed E-state index contributed by atoms with van der Waals surface area (Å²) in [5.74, 6) is 1.29. The highest BCUT2D eigenvalue weighted by molar-refractivity contribution is 7.13. The molecule has 0 aromatic carbocycles. The van der Waals surface area contributed by atoms with Crippen LogP contribution in [0.5, 0.6) is 5.88 Å². The number of likely N-dealkylation sites (tertiary alicyclic amines) is 1. The summed E-state index contributed by atoms with van der Waals surface area (Å²) in [6.07, 6.45) is 0.0883. The number of pyridine rings is 2. The monoisotopic (exact) mass is 458 g/mol. The molecule has 3 fully saturated rings. The van der Waals surface area contributed by atoms with E-state index >= 15 is 0 Å². The molecule has 2 saturated carbocycles. The van der Waals surface area contributed by atoms with Crippen LogP contribution in [0.4, 0.5) is 13.2 Å². The minimum atomic E-state index is -4.44. The van der Waals surface area contributed by atoms with E-state index in [1.54, 1.807) is 18.5 Å². The van der Waals surface area contributed by atoms with Gasteiger partial charge in [0, 0.05) is 42.1 Å². The standard InChI is InChI=1S/C22H17F3N4O2S/c23-22(24,25)11-3-4-16(28-9-11)31-15-8-13-14-10-29(19(15)17(13)14)21(30)18-12(2-1-5-26-18)20-27-6-7-32-20/h1-7,9,13-15,17,19H,8,10H2. The molecule has 0 bridgehead atoms. The highest BCUT2D eigenvalue weighted by atomic mass is 32.1. The van der Waals surface area contributed by atoms with E-state index in [-0.39, 0.29) is 23.9 Å². The van der Waals surface area contributed by atoms with Gasteiger partial charge in [0.2, 0.25) is 5.88 Å². The molecule has 164 valence electrons. The molecule has 1 saturated heterocycles. The van der Waals surface area contributed by atoms with Gasteiger partial charge in [-0.2, -0.15) is 13.2 Å². The molecule has 3 aliphatic rings. The number of halogens is 3. The third-order valence-electron chi connectivity index (χ3n) is 6.71. The highest BCUT2D eigenvalue weighted by Gasteiger charge is 2.70. The third kappa shape index (κ3) is 3.08. The van der Waals surface area contributed by atoms with E-state index in [0.717, 1.165) is 23.7 Å². The van der Waals surface area contributed by atoms with Crippen LogP contribution in [0.15, 0.2) is 48.2 Å². The number of ether oxygens (including phenoxy) is 1. The number of amides is 1. The summed E-state index contributed by atoms with van der Waals surface area (Å²) in [5.41, 5.74) is 0.241. The molecule has 1 amide bonds. The third-order valence-corrected chi connectivity index (χ3v) is 7.52. The van der Waals surface area contributed by atoms with Crippen molar-refractivity contribution in [3.8, 4) is 16.5 Å². The molecule has 4 heterocycles. The van der Waals surface area contributed by atoms with E-state index in [1.807, 2.05) is 16.3 Å². The first-order valence-corrected chi connectivity index (χ1v) is 11.2. The molecule has 6 rings (SSSR count). The number of fused-ring (bicyclic) bond motifs is 1. The Morgan fingerprint density at radius 3 is 2.72 bits per heavy atom. The van der Waals surface area contributed by atoms with Crippen molar-refractivity contribution in [2.45, 2.75) is 24.7 Å². The number of aromatic nitrogens is 3. The Bertz CT molecular complexity index is 1170. The van der Waals surface area contributed by atoms with E-state index in [0.29, 0.717) is 35.6 Å². The Balaban J connectivity index is 1.25. The summed E-state index contributed by atoms with van der Waals surface area (Å²) in [6.45, 7) is 0.646. The van der Waals surface area contributed by atoms with Crippen molar-refractivity contribution < 1.29 is 22.7 Å². The van der Waals surface area contributed by atoms with Gasteiger partial charge in [-0.3, -0.25) is 9.78 Å². The molecule has 5 atom stereocenters. The maximum Gasteiger partial charge on any atom is 0.417 e. The van der Waals surface area contributed by atoms with Crippen LogP contribution < -0.4 is 4.74 Å². The molecule has 2 aliphatic carbocycles. The first-order valence-electron chi connectivity index (χ1n) is 10.3. The number of carbonyl (C=O) groups is 1. The fraction of sp³-hybridized carbons (Fsp3) is 0.364. The summed E-state index contributed by atoms with van der Waals surface area (Å²) < 4.78 is 44.4. The van der Waals surface area contributed by atoms with Gasteiger partial charge >= 0.3 is 6.18 Å². The second-order valence-corrected chi connectivity index (χ2v) is 9.26. The molecule has 10 heteroatoms. The number of hydrogen-bond donors (Lipinski definition) is 0. The molecular weight excluding hydrogens is 441 g/mol. The summed E-state index contributed by atoms with van der Waals surface area (Å²) in [7, 11) is 0. The number of piperidine rings is 1. The maximum absolute atomic E-state index is 13.5. The first kappa shape index (κ1) is 19.7. The van der Waals surface area contributed by atoms with Crippen LogP contribution in [0.3, 0.4) is 0 Å². The lowest BCUT2D eigenvalue weighted by Crippen LogP contribution is -2.45. The minimum Gasteiger partial charge on any atom is -0.472 e. The fourth-order valence-corrected chi connectivity index (χ4v) is 6.00.